The first-order valence-corrected chi connectivity index (χ1v) is 12.5. The minimum atomic E-state index is 0.599. The van der Waals surface area contributed by atoms with Gasteiger partial charge in [-0.3, -0.25) is 4.98 Å². The highest BCUT2D eigenvalue weighted by Gasteiger charge is 2.05. The predicted octanol–water partition coefficient (Wildman–Crippen LogP) is 8.47. The highest BCUT2D eigenvalue weighted by atomic mass is 16.5. The van der Waals surface area contributed by atoms with Gasteiger partial charge in [-0.15, -0.1) is 0 Å². The molecule has 0 aliphatic rings. The summed E-state index contributed by atoms with van der Waals surface area (Å²) in [6.07, 6.45) is 16.0. The average Bonchev–Trinajstić information content (AvgIpc) is 2.81. The molecule has 0 bridgehead atoms. The average molecular weight is 426 g/mol. The first kappa shape index (κ1) is 25.2. The van der Waals surface area contributed by atoms with E-state index in [-0.39, 0.29) is 0 Å². The first-order valence-electron chi connectivity index (χ1n) is 12.5. The van der Waals surface area contributed by atoms with Crippen LogP contribution in [0.1, 0.15) is 91.4 Å². The second-order valence-corrected chi connectivity index (χ2v) is 8.79. The highest BCUT2D eigenvalue weighted by molar-refractivity contribution is 5.60. The van der Waals surface area contributed by atoms with Crippen molar-refractivity contribution in [1.82, 2.24) is 4.98 Å². The van der Waals surface area contributed by atoms with Gasteiger partial charge in [0.1, 0.15) is 11.5 Å². The van der Waals surface area contributed by atoms with Gasteiger partial charge in [-0.2, -0.15) is 0 Å². The molecule has 0 aliphatic heterocycles. The summed E-state index contributed by atoms with van der Waals surface area (Å²) in [5.41, 5.74) is 2.06. The van der Waals surface area contributed by atoms with Crippen molar-refractivity contribution in [2.45, 2.75) is 91.4 Å². The standard InChI is InChI=1S/C28H43NO2/c1-4-6-8-10-11-13-21-30-27-19-20-28(29-22-27)25-15-17-26(18-16-25)31-23-24(3)14-12-9-7-5-2/h15-20,22,24H,4-14,21,23H2,1-3H3. The Morgan fingerprint density at radius 3 is 2.03 bits per heavy atom. The molecule has 172 valence electrons. The van der Waals surface area contributed by atoms with Gasteiger partial charge in [0.15, 0.2) is 0 Å². The molecule has 0 saturated carbocycles. The minimum absolute atomic E-state index is 0.599. The molecular weight excluding hydrogens is 382 g/mol. The van der Waals surface area contributed by atoms with Crippen LogP contribution < -0.4 is 9.47 Å². The summed E-state index contributed by atoms with van der Waals surface area (Å²) in [5, 5.41) is 0. The Hall–Kier alpha value is -2.03. The number of ether oxygens (including phenoxy) is 2. The molecule has 0 aliphatic carbocycles. The van der Waals surface area contributed by atoms with Gasteiger partial charge in [0.25, 0.3) is 0 Å². The van der Waals surface area contributed by atoms with Gasteiger partial charge in [-0.1, -0.05) is 78.6 Å². The van der Waals surface area contributed by atoms with Gasteiger partial charge in [0.05, 0.1) is 25.1 Å². The van der Waals surface area contributed by atoms with Crippen LogP contribution in [0.15, 0.2) is 42.6 Å². The lowest BCUT2D eigenvalue weighted by atomic mass is 10.0. The van der Waals surface area contributed by atoms with E-state index in [2.05, 4.69) is 37.9 Å². The first-order chi connectivity index (χ1) is 15.2. The Balaban J connectivity index is 1.69. The number of hydrogen-bond acceptors (Lipinski definition) is 3. The molecule has 2 aromatic rings. The van der Waals surface area contributed by atoms with E-state index in [9.17, 15) is 0 Å². The Labute approximate surface area is 190 Å². The molecule has 31 heavy (non-hydrogen) atoms. The van der Waals surface area contributed by atoms with Gasteiger partial charge in [-0.25, -0.2) is 0 Å². The third-order valence-corrected chi connectivity index (χ3v) is 5.74. The molecule has 0 amide bonds. The normalized spacial score (nSPS) is 12.0. The number of hydrogen-bond donors (Lipinski definition) is 0. The SMILES string of the molecule is CCCCCCCCOc1ccc(-c2ccc(OCC(C)CCCCCC)cc2)nc1. The van der Waals surface area contributed by atoms with Crippen LogP contribution in [0, 0.1) is 5.92 Å². The van der Waals surface area contributed by atoms with Crippen LogP contribution >= 0.6 is 0 Å². The number of pyridine rings is 1. The maximum atomic E-state index is 5.98. The zero-order valence-corrected chi connectivity index (χ0v) is 20.1. The lowest BCUT2D eigenvalue weighted by molar-refractivity contribution is 0.249. The van der Waals surface area contributed by atoms with Gasteiger partial charge < -0.3 is 9.47 Å². The minimum Gasteiger partial charge on any atom is -0.493 e. The Kier molecular flexibility index (Phi) is 12.8. The van der Waals surface area contributed by atoms with Crippen molar-refractivity contribution in [3.8, 4) is 22.8 Å². The van der Waals surface area contributed by atoms with Crippen LogP contribution in [-0.4, -0.2) is 18.2 Å². The van der Waals surface area contributed by atoms with Crippen molar-refractivity contribution in [2.24, 2.45) is 5.92 Å². The third-order valence-electron chi connectivity index (χ3n) is 5.74. The van der Waals surface area contributed by atoms with Crippen LogP contribution in [0.5, 0.6) is 11.5 Å². The van der Waals surface area contributed by atoms with E-state index in [0.29, 0.717) is 5.92 Å². The van der Waals surface area contributed by atoms with Crippen LogP contribution in [0.4, 0.5) is 0 Å². The van der Waals surface area contributed by atoms with Crippen molar-refractivity contribution in [3.05, 3.63) is 42.6 Å². The van der Waals surface area contributed by atoms with Gasteiger partial charge in [0.2, 0.25) is 0 Å². The predicted molar refractivity (Wildman–Crippen MR) is 132 cm³/mol. The summed E-state index contributed by atoms with van der Waals surface area (Å²) in [6, 6.07) is 12.3. The van der Waals surface area contributed by atoms with Crippen LogP contribution in [0.3, 0.4) is 0 Å². The molecule has 1 aromatic heterocycles. The molecular formula is C28H43NO2. The summed E-state index contributed by atoms with van der Waals surface area (Å²) in [4.78, 5) is 4.58. The van der Waals surface area contributed by atoms with E-state index >= 15 is 0 Å². The van der Waals surface area contributed by atoms with Crippen molar-refractivity contribution >= 4 is 0 Å². The quantitative estimate of drug-likeness (QED) is 0.238. The van der Waals surface area contributed by atoms with Gasteiger partial charge >= 0.3 is 0 Å². The third kappa shape index (κ3) is 10.7. The molecule has 1 aromatic carbocycles. The summed E-state index contributed by atoms with van der Waals surface area (Å²) in [6.45, 7) is 8.34. The summed E-state index contributed by atoms with van der Waals surface area (Å²) < 4.78 is 11.8. The molecule has 0 spiro atoms. The Morgan fingerprint density at radius 1 is 0.710 bits per heavy atom. The molecule has 0 radical (unpaired) electrons. The van der Waals surface area contributed by atoms with E-state index in [0.717, 1.165) is 42.4 Å². The lowest BCUT2D eigenvalue weighted by Crippen LogP contribution is -2.08. The molecule has 1 heterocycles. The molecule has 0 N–H and O–H groups in total. The Morgan fingerprint density at radius 2 is 1.35 bits per heavy atom. The molecule has 1 atom stereocenters. The van der Waals surface area contributed by atoms with Crippen molar-refractivity contribution in [1.29, 1.82) is 0 Å². The van der Waals surface area contributed by atoms with E-state index in [4.69, 9.17) is 9.47 Å². The summed E-state index contributed by atoms with van der Waals surface area (Å²) >= 11 is 0. The van der Waals surface area contributed by atoms with Crippen LogP contribution in [0.25, 0.3) is 11.3 Å². The summed E-state index contributed by atoms with van der Waals surface area (Å²) in [5.74, 6) is 2.38. The monoisotopic (exact) mass is 425 g/mol. The van der Waals surface area contributed by atoms with E-state index < -0.39 is 0 Å². The summed E-state index contributed by atoms with van der Waals surface area (Å²) in [7, 11) is 0. The van der Waals surface area contributed by atoms with Crippen molar-refractivity contribution < 1.29 is 9.47 Å². The second kappa shape index (κ2) is 15.7. The van der Waals surface area contributed by atoms with Crippen molar-refractivity contribution in [2.75, 3.05) is 13.2 Å². The molecule has 1 unspecified atom stereocenters. The van der Waals surface area contributed by atoms with Gasteiger partial charge in [0, 0.05) is 5.56 Å². The molecule has 0 saturated heterocycles. The lowest BCUT2D eigenvalue weighted by Gasteiger charge is -2.13. The maximum Gasteiger partial charge on any atom is 0.137 e. The molecule has 2 rings (SSSR count). The van der Waals surface area contributed by atoms with Gasteiger partial charge in [-0.05, 0) is 55.2 Å². The largest absolute Gasteiger partial charge is 0.493 e. The number of unbranched alkanes of at least 4 members (excludes halogenated alkanes) is 8. The topological polar surface area (TPSA) is 31.4 Å². The second-order valence-electron chi connectivity index (χ2n) is 8.79. The number of rotatable bonds is 17. The van der Waals surface area contributed by atoms with E-state index in [1.54, 1.807) is 0 Å². The van der Waals surface area contributed by atoms with Crippen LogP contribution in [-0.2, 0) is 0 Å². The zero-order valence-electron chi connectivity index (χ0n) is 20.1. The number of nitrogens with zero attached hydrogens (tertiary/aromatic N) is 1. The fraction of sp³-hybridized carbons (Fsp3) is 0.607. The highest BCUT2D eigenvalue weighted by Crippen LogP contribution is 2.23. The van der Waals surface area contributed by atoms with E-state index in [1.807, 2.05) is 30.5 Å². The maximum absolute atomic E-state index is 5.98. The number of benzene rings is 1. The molecule has 0 fully saturated rings. The smallest absolute Gasteiger partial charge is 0.137 e. The fourth-order valence-electron chi connectivity index (χ4n) is 3.67. The van der Waals surface area contributed by atoms with E-state index in [1.165, 1.54) is 64.2 Å². The number of aromatic nitrogens is 1. The zero-order chi connectivity index (χ0) is 22.2. The fourth-order valence-corrected chi connectivity index (χ4v) is 3.67. The molecule has 3 nitrogen and oxygen atoms in total. The van der Waals surface area contributed by atoms with Crippen LogP contribution in [0.2, 0.25) is 0 Å². The van der Waals surface area contributed by atoms with Crippen molar-refractivity contribution in [3.63, 3.8) is 0 Å². The Bertz CT molecular complexity index is 681. The molecule has 3 heteroatoms.